The molecule has 0 saturated heterocycles. The van der Waals surface area contributed by atoms with Gasteiger partial charge in [-0.1, -0.05) is 31.0 Å². The monoisotopic (exact) mass is 491 g/mol. The summed E-state index contributed by atoms with van der Waals surface area (Å²) >= 11 is 1.40. The molecule has 1 heterocycles. The molecule has 3 aromatic rings. The molecule has 1 saturated carbocycles. The molecule has 35 heavy (non-hydrogen) atoms. The molecule has 9 heteroatoms. The third-order valence-corrected chi connectivity index (χ3v) is 7.24. The first-order chi connectivity index (χ1) is 17.0. The average Bonchev–Trinajstić information content (AvgIpc) is 3.32. The molecule has 0 radical (unpaired) electrons. The first kappa shape index (κ1) is 24.6. The number of ether oxygens (including phenoxy) is 2. The summed E-state index contributed by atoms with van der Waals surface area (Å²) in [5, 5.41) is 21.3. The third kappa shape index (κ3) is 5.60. The van der Waals surface area contributed by atoms with Crippen molar-refractivity contribution in [3.8, 4) is 29.0 Å². The molecule has 0 aliphatic heterocycles. The predicted octanol–water partition coefficient (Wildman–Crippen LogP) is 5.46. The molecule has 0 bridgehead atoms. The smallest absolute Gasteiger partial charge is 0.237 e. The minimum absolute atomic E-state index is 0.134. The van der Waals surface area contributed by atoms with Crippen molar-refractivity contribution in [3.05, 3.63) is 48.0 Å². The van der Waals surface area contributed by atoms with E-state index in [4.69, 9.17) is 14.7 Å². The Bertz CT molecular complexity index is 1210. The van der Waals surface area contributed by atoms with E-state index in [9.17, 15) is 4.79 Å². The highest BCUT2D eigenvalue weighted by Crippen LogP contribution is 2.38. The zero-order valence-corrected chi connectivity index (χ0v) is 21.0. The molecule has 2 aromatic carbocycles. The molecular weight excluding hydrogens is 462 g/mol. The molecule has 1 aliphatic rings. The number of carbonyl (C=O) groups excluding carboxylic acids is 1. The fourth-order valence-electron chi connectivity index (χ4n) is 4.28. The van der Waals surface area contributed by atoms with Crippen molar-refractivity contribution >= 4 is 23.4 Å². The van der Waals surface area contributed by atoms with Crippen molar-refractivity contribution in [3.63, 3.8) is 0 Å². The summed E-state index contributed by atoms with van der Waals surface area (Å²) in [6, 6.07) is 14.9. The maximum absolute atomic E-state index is 12.9. The van der Waals surface area contributed by atoms with Crippen LogP contribution in [0, 0.1) is 11.3 Å². The molecule has 1 unspecified atom stereocenters. The number of nitrogens with one attached hydrogen (secondary N) is 1. The van der Waals surface area contributed by atoms with Crippen LogP contribution >= 0.6 is 11.8 Å². The van der Waals surface area contributed by atoms with Gasteiger partial charge in [-0.25, -0.2) is 0 Å². The van der Waals surface area contributed by atoms with Gasteiger partial charge in [-0.05, 0) is 62.2 Å². The van der Waals surface area contributed by atoms with Gasteiger partial charge in [0.05, 0.1) is 31.1 Å². The largest absolute Gasteiger partial charge is 0.493 e. The molecular formula is C26H29N5O3S. The van der Waals surface area contributed by atoms with E-state index < -0.39 is 5.25 Å². The van der Waals surface area contributed by atoms with E-state index in [0.29, 0.717) is 22.7 Å². The second-order valence-corrected chi connectivity index (χ2v) is 9.78. The number of nitrogens with zero attached hydrogens (tertiary/aromatic N) is 4. The lowest BCUT2D eigenvalue weighted by molar-refractivity contribution is -0.115. The summed E-state index contributed by atoms with van der Waals surface area (Å²) in [5.41, 5.74) is 2.09. The van der Waals surface area contributed by atoms with Gasteiger partial charge in [0.1, 0.15) is 0 Å². The van der Waals surface area contributed by atoms with Crippen molar-refractivity contribution in [1.82, 2.24) is 14.8 Å². The molecule has 1 aromatic heterocycles. The fourth-order valence-corrected chi connectivity index (χ4v) is 5.20. The molecule has 1 atom stereocenters. The van der Waals surface area contributed by atoms with E-state index in [-0.39, 0.29) is 11.9 Å². The highest BCUT2D eigenvalue weighted by Gasteiger charge is 2.27. The van der Waals surface area contributed by atoms with Crippen LogP contribution in [0.15, 0.2) is 47.6 Å². The fraction of sp³-hybridized carbons (Fsp3) is 0.385. The molecule has 1 fully saturated rings. The highest BCUT2D eigenvalue weighted by molar-refractivity contribution is 8.00. The molecule has 8 nitrogen and oxygen atoms in total. The number of hydrogen-bond donors (Lipinski definition) is 1. The van der Waals surface area contributed by atoms with Gasteiger partial charge < -0.3 is 14.8 Å². The Morgan fingerprint density at radius 2 is 1.80 bits per heavy atom. The van der Waals surface area contributed by atoms with E-state index in [2.05, 4.69) is 26.2 Å². The van der Waals surface area contributed by atoms with Crippen LogP contribution in [0.3, 0.4) is 0 Å². The zero-order valence-electron chi connectivity index (χ0n) is 20.2. The minimum atomic E-state index is -0.393. The van der Waals surface area contributed by atoms with E-state index in [0.717, 1.165) is 42.2 Å². The standard InChI is InChI=1S/C26H29N5O3S/c1-17(25(32)28-20-12-9-18(16-27)10-13-20)35-26-30-29-24(31(26)21-7-5-4-6-8-21)19-11-14-22(33-2)23(15-19)34-3/h9-15,17,21H,4-8H2,1-3H3,(H,28,32). The lowest BCUT2D eigenvalue weighted by atomic mass is 9.95. The Morgan fingerprint density at radius 3 is 2.46 bits per heavy atom. The van der Waals surface area contributed by atoms with Gasteiger partial charge in [-0.15, -0.1) is 10.2 Å². The van der Waals surface area contributed by atoms with E-state index in [1.165, 1.54) is 18.2 Å². The lowest BCUT2D eigenvalue weighted by Crippen LogP contribution is -2.23. The van der Waals surface area contributed by atoms with Gasteiger partial charge in [0.25, 0.3) is 0 Å². The van der Waals surface area contributed by atoms with Crippen LogP contribution in [0.4, 0.5) is 5.69 Å². The van der Waals surface area contributed by atoms with Crippen LogP contribution in [0.25, 0.3) is 11.4 Å². The highest BCUT2D eigenvalue weighted by atomic mass is 32.2. The SMILES string of the molecule is COc1ccc(-c2nnc(SC(C)C(=O)Nc3ccc(C#N)cc3)n2C2CCCCC2)cc1OC. The number of thioether (sulfide) groups is 1. The summed E-state index contributed by atoms with van der Waals surface area (Å²) in [7, 11) is 3.23. The maximum Gasteiger partial charge on any atom is 0.237 e. The van der Waals surface area contributed by atoms with Gasteiger partial charge in [-0.3, -0.25) is 9.36 Å². The number of benzene rings is 2. The Kier molecular flexibility index (Phi) is 7.93. The number of nitriles is 1. The van der Waals surface area contributed by atoms with Crippen LogP contribution in [0.1, 0.15) is 50.6 Å². The van der Waals surface area contributed by atoms with Crippen molar-refractivity contribution in [1.29, 1.82) is 5.26 Å². The number of amides is 1. The van der Waals surface area contributed by atoms with E-state index >= 15 is 0 Å². The average molecular weight is 492 g/mol. The van der Waals surface area contributed by atoms with Crippen LogP contribution in [-0.4, -0.2) is 40.1 Å². The summed E-state index contributed by atoms with van der Waals surface area (Å²) in [5.74, 6) is 1.92. The number of anilines is 1. The zero-order chi connectivity index (χ0) is 24.8. The molecule has 4 rings (SSSR count). The van der Waals surface area contributed by atoms with Crippen molar-refractivity contribution in [2.75, 3.05) is 19.5 Å². The second-order valence-electron chi connectivity index (χ2n) is 8.48. The number of hydrogen-bond acceptors (Lipinski definition) is 7. The minimum Gasteiger partial charge on any atom is -0.493 e. The van der Waals surface area contributed by atoms with Gasteiger partial charge in [0, 0.05) is 17.3 Å². The number of methoxy groups -OCH3 is 2. The Balaban J connectivity index is 1.60. The summed E-state index contributed by atoms with van der Waals surface area (Å²) < 4.78 is 13.1. The molecule has 182 valence electrons. The van der Waals surface area contributed by atoms with Gasteiger partial charge in [0.15, 0.2) is 22.5 Å². The second kappa shape index (κ2) is 11.3. The first-order valence-corrected chi connectivity index (χ1v) is 12.6. The quantitative estimate of drug-likeness (QED) is 0.418. The summed E-state index contributed by atoms with van der Waals surface area (Å²) in [4.78, 5) is 12.9. The van der Waals surface area contributed by atoms with Crippen LogP contribution in [-0.2, 0) is 4.79 Å². The summed E-state index contributed by atoms with van der Waals surface area (Å²) in [6.45, 7) is 1.86. The Morgan fingerprint density at radius 1 is 1.09 bits per heavy atom. The number of aromatic nitrogens is 3. The first-order valence-electron chi connectivity index (χ1n) is 11.7. The molecule has 1 aliphatic carbocycles. The normalized spacial score (nSPS) is 14.7. The lowest BCUT2D eigenvalue weighted by Gasteiger charge is -2.26. The Labute approximate surface area is 209 Å². The van der Waals surface area contributed by atoms with Gasteiger partial charge in [0.2, 0.25) is 5.91 Å². The Hall–Kier alpha value is -3.51. The summed E-state index contributed by atoms with van der Waals surface area (Å²) in [6.07, 6.45) is 5.66. The molecule has 1 amide bonds. The van der Waals surface area contributed by atoms with E-state index in [1.807, 2.05) is 25.1 Å². The van der Waals surface area contributed by atoms with Crippen LogP contribution in [0.2, 0.25) is 0 Å². The van der Waals surface area contributed by atoms with Crippen molar-refractivity contribution in [2.24, 2.45) is 0 Å². The molecule has 1 N–H and O–H groups in total. The van der Waals surface area contributed by atoms with Crippen molar-refractivity contribution < 1.29 is 14.3 Å². The van der Waals surface area contributed by atoms with E-state index in [1.54, 1.807) is 38.5 Å². The maximum atomic E-state index is 12.9. The topological polar surface area (TPSA) is 102 Å². The third-order valence-electron chi connectivity index (χ3n) is 6.18. The van der Waals surface area contributed by atoms with Crippen LogP contribution in [0.5, 0.6) is 11.5 Å². The van der Waals surface area contributed by atoms with Gasteiger partial charge >= 0.3 is 0 Å². The number of carbonyl (C=O) groups is 1. The predicted molar refractivity (Wildman–Crippen MR) is 136 cm³/mol. The van der Waals surface area contributed by atoms with Gasteiger partial charge in [-0.2, -0.15) is 5.26 Å². The number of rotatable bonds is 8. The molecule has 0 spiro atoms. The van der Waals surface area contributed by atoms with Crippen molar-refractivity contribution in [2.45, 2.75) is 55.5 Å². The van der Waals surface area contributed by atoms with Crippen LogP contribution < -0.4 is 14.8 Å².